The Kier molecular flexibility index (Phi) is 2.58. The molecule has 0 aliphatic carbocycles. The second-order valence-electron chi connectivity index (χ2n) is 3.94. The van der Waals surface area contributed by atoms with Crippen LogP contribution in [0.2, 0.25) is 0 Å². The van der Waals surface area contributed by atoms with Gasteiger partial charge in [0.1, 0.15) is 0 Å². The van der Waals surface area contributed by atoms with Crippen LogP contribution in [0.1, 0.15) is 28.2 Å². The van der Waals surface area contributed by atoms with Gasteiger partial charge in [-0.05, 0) is 32.0 Å². The summed E-state index contributed by atoms with van der Waals surface area (Å²) in [5, 5.41) is 8.85. The predicted octanol–water partition coefficient (Wildman–Crippen LogP) is 2.36. The molecule has 1 atom stereocenters. The first-order valence-electron chi connectivity index (χ1n) is 4.90. The second-order valence-corrected chi connectivity index (χ2v) is 5.10. The summed E-state index contributed by atoms with van der Waals surface area (Å²) in [6.45, 7) is 4.17. The Balaban J connectivity index is 2.28. The van der Waals surface area contributed by atoms with E-state index in [1.807, 2.05) is 18.3 Å². The van der Waals surface area contributed by atoms with Crippen LogP contribution in [0.25, 0.3) is 0 Å². The van der Waals surface area contributed by atoms with E-state index in [0.717, 1.165) is 19.5 Å². The van der Waals surface area contributed by atoms with E-state index in [1.54, 1.807) is 0 Å². The quantitative estimate of drug-likeness (QED) is 0.705. The van der Waals surface area contributed by atoms with Crippen LogP contribution in [0.4, 0.5) is 0 Å². The van der Waals surface area contributed by atoms with Crippen molar-refractivity contribution < 1.29 is 0 Å². The number of nitrogens with zero attached hydrogens (tertiary/aromatic N) is 2. The summed E-state index contributed by atoms with van der Waals surface area (Å²) >= 11 is 1.82. The molecule has 1 aliphatic rings. The van der Waals surface area contributed by atoms with Crippen molar-refractivity contribution in [3.63, 3.8) is 0 Å². The molecule has 74 valence electrons. The first-order valence-corrected chi connectivity index (χ1v) is 5.72. The number of thiophene rings is 1. The second kappa shape index (κ2) is 3.72. The minimum atomic E-state index is 0.0518. The number of likely N-dealkylation sites (N-methyl/N-ethyl adjacent to an activating group) is 1. The summed E-state index contributed by atoms with van der Waals surface area (Å²) in [4.78, 5) is 5.04. The highest BCUT2D eigenvalue weighted by molar-refractivity contribution is 7.12. The molecule has 1 unspecified atom stereocenters. The maximum absolute atomic E-state index is 8.85. The number of rotatable bonds is 1. The monoisotopic (exact) mass is 206 g/mol. The van der Waals surface area contributed by atoms with Gasteiger partial charge in [0.05, 0.1) is 12.0 Å². The van der Waals surface area contributed by atoms with Crippen molar-refractivity contribution in [3.05, 3.63) is 21.4 Å². The largest absolute Gasteiger partial charge is 0.302 e. The smallest absolute Gasteiger partial charge is 0.0778 e. The molecule has 1 aliphatic heterocycles. The fourth-order valence-corrected chi connectivity index (χ4v) is 2.94. The summed E-state index contributed by atoms with van der Waals surface area (Å²) < 4.78 is 0. The summed E-state index contributed by atoms with van der Waals surface area (Å²) in [6, 6.07) is 4.51. The van der Waals surface area contributed by atoms with E-state index in [0.29, 0.717) is 0 Å². The van der Waals surface area contributed by atoms with E-state index < -0.39 is 0 Å². The van der Waals surface area contributed by atoms with Gasteiger partial charge in [-0.15, -0.1) is 11.3 Å². The summed E-state index contributed by atoms with van der Waals surface area (Å²) in [7, 11) is 2.15. The Labute approximate surface area is 88.8 Å². The highest BCUT2D eigenvalue weighted by Crippen LogP contribution is 2.31. The molecule has 14 heavy (non-hydrogen) atoms. The minimum absolute atomic E-state index is 0.0518. The molecule has 1 aromatic rings. The molecule has 0 N–H and O–H groups in total. The fraction of sp³-hybridized carbons (Fsp3) is 0.545. The molecule has 3 heteroatoms. The Morgan fingerprint density at radius 1 is 1.64 bits per heavy atom. The highest BCUT2D eigenvalue weighted by atomic mass is 32.1. The lowest BCUT2D eigenvalue weighted by Crippen LogP contribution is -2.25. The van der Waals surface area contributed by atoms with Crippen LogP contribution < -0.4 is 0 Å². The van der Waals surface area contributed by atoms with Gasteiger partial charge in [-0.3, -0.25) is 0 Å². The zero-order valence-corrected chi connectivity index (χ0v) is 9.40. The average Bonchev–Trinajstić information content (AvgIpc) is 2.59. The predicted molar refractivity (Wildman–Crippen MR) is 58.4 cm³/mol. The standard InChI is InChI=1S/C11H14N2S/c1-8(6-12)11-5-9-7-13(2)4-3-10(9)14-11/h5,8H,3-4,7H2,1-2H3. The molecule has 1 aromatic heterocycles. The normalized spacial score (nSPS) is 18.6. The lowest BCUT2D eigenvalue weighted by atomic mass is 10.1. The van der Waals surface area contributed by atoms with E-state index >= 15 is 0 Å². The van der Waals surface area contributed by atoms with Crippen LogP contribution in [0.3, 0.4) is 0 Å². The summed E-state index contributed by atoms with van der Waals surface area (Å²) in [5.41, 5.74) is 1.43. The lowest BCUT2D eigenvalue weighted by molar-refractivity contribution is 0.315. The number of hydrogen-bond acceptors (Lipinski definition) is 3. The molecule has 0 bridgehead atoms. The number of fused-ring (bicyclic) bond motifs is 1. The van der Waals surface area contributed by atoms with Gasteiger partial charge in [0.2, 0.25) is 0 Å². The first kappa shape index (κ1) is 9.70. The molecule has 0 amide bonds. The van der Waals surface area contributed by atoms with E-state index in [2.05, 4.69) is 24.1 Å². The molecule has 0 spiro atoms. The molecule has 0 aromatic carbocycles. The summed E-state index contributed by atoms with van der Waals surface area (Å²) in [6.07, 6.45) is 1.15. The van der Waals surface area contributed by atoms with Crippen molar-refractivity contribution in [2.24, 2.45) is 0 Å². The van der Waals surface area contributed by atoms with Crippen molar-refractivity contribution in [1.29, 1.82) is 5.26 Å². The van der Waals surface area contributed by atoms with Gasteiger partial charge in [-0.25, -0.2) is 0 Å². The van der Waals surface area contributed by atoms with Gasteiger partial charge < -0.3 is 4.90 Å². The molecule has 0 saturated heterocycles. The maximum atomic E-state index is 8.85. The number of nitriles is 1. The molecular formula is C11H14N2S. The molecule has 0 saturated carbocycles. The number of hydrogen-bond donors (Lipinski definition) is 0. The average molecular weight is 206 g/mol. The minimum Gasteiger partial charge on any atom is -0.302 e. The van der Waals surface area contributed by atoms with Gasteiger partial charge >= 0.3 is 0 Å². The topological polar surface area (TPSA) is 27.0 Å². The Hall–Kier alpha value is -0.850. The van der Waals surface area contributed by atoms with Crippen LogP contribution in [0, 0.1) is 11.3 Å². The zero-order valence-electron chi connectivity index (χ0n) is 8.58. The van der Waals surface area contributed by atoms with Gasteiger partial charge in [0.25, 0.3) is 0 Å². The van der Waals surface area contributed by atoms with Crippen molar-refractivity contribution in [1.82, 2.24) is 4.90 Å². The molecule has 2 nitrogen and oxygen atoms in total. The van der Waals surface area contributed by atoms with Crippen molar-refractivity contribution in [2.75, 3.05) is 13.6 Å². The van der Waals surface area contributed by atoms with Gasteiger partial charge in [-0.1, -0.05) is 0 Å². The molecule has 2 rings (SSSR count). The highest BCUT2D eigenvalue weighted by Gasteiger charge is 2.18. The van der Waals surface area contributed by atoms with Gasteiger partial charge in [-0.2, -0.15) is 5.26 Å². The van der Waals surface area contributed by atoms with Crippen molar-refractivity contribution in [3.8, 4) is 6.07 Å². The lowest BCUT2D eigenvalue weighted by Gasteiger charge is -2.21. The Morgan fingerprint density at radius 2 is 2.43 bits per heavy atom. The third-order valence-corrected chi connectivity index (χ3v) is 4.12. The van der Waals surface area contributed by atoms with E-state index in [4.69, 9.17) is 5.26 Å². The molecule has 0 radical (unpaired) electrons. The van der Waals surface area contributed by atoms with Crippen LogP contribution >= 0.6 is 11.3 Å². The van der Waals surface area contributed by atoms with E-state index in [9.17, 15) is 0 Å². The SMILES string of the molecule is CC(C#N)c1cc2c(s1)CCN(C)C2. The van der Waals surface area contributed by atoms with Gasteiger partial charge in [0.15, 0.2) is 0 Å². The maximum Gasteiger partial charge on any atom is 0.0778 e. The van der Waals surface area contributed by atoms with E-state index in [-0.39, 0.29) is 5.92 Å². The van der Waals surface area contributed by atoms with Crippen LogP contribution in [-0.4, -0.2) is 18.5 Å². The third kappa shape index (κ3) is 1.68. The third-order valence-electron chi connectivity index (χ3n) is 2.70. The van der Waals surface area contributed by atoms with E-state index in [1.165, 1.54) is 15.3 Å². The zero-order chi connectivity index (χ0) is 10.1. The first-order chi connectivity index (χ1) is 6.70. The van der Waals surface area contributed by atoms with Gasteiger partial charge in [0, 0.05) is 22.8 Å². The van der Waals surface area contributed by atoms with Crippen molar-refractivity contribution >= 4 is 11.3 Å². The Bertz CT molecular complexity index is 375. The van der Waals surface area contributed by atoms with Crippen LogP contribution in [0.5, 0.6) is 0 Å². The molecule has 0 fully saturated rings. The summed E-state index contributed by atoms with van der Waals surface area (Å²) in [5.74, 6) is 0.0518. The molecule has 2 heterocycles. The van der Waals surface area contributed by atoms with Crippen LogP contribution in [0.15, 0.2) is 6.07 Å². The van der Waals surface area contributed by atoms with Crippen LogP contribution in [-0.2, 0) is 13.0 Å². The Morgan fingerprint density at radius 3 is 3.14 bits per heavy atom. The molecular weight excluding hydrogens is 192 g/mol. The fourth-order valence-electron chi connectivity index (χ4n) is 1.77. The van der Waals surface area contributed by atoms with Crippen molar-refractivity contribution in [2.45, 2.75) is 25.8 Å².